The molecule has 0 aliphatic heterocycles. The fourth-order valence-electron chi connectivity index (χ4n) is 0.912. The van der Waals surface area contributed by atoms with E-state index in [1.807, 2.05) is 19.2 Å². The second-order valence-electron chi connectivity index (χ2n) is 2.33. The van der Waals surface area contributed by atoms with Crippen molar-refractivity contribution < 1.29 is 9.67 Å². The molecule has 0 fully saturated rings. The van der Waals surface area contributed by atoms with E-state index in [4.69, 9.17) is 16.7 Å². The van der Waals surface area contributed by atoms with Gasteiger partial charge in [0.2, 0.25) is 6.73 Å². The number of hydrogen-bond acceptors (Lipinski definition) is 1. The Morgan fingerprint density at radius 2 is 2.36 bits per heavy atom. The van der Waals surface area contributed by atoms with E-state index in [1.54, 1.807) is 10.8 Å². The molecule has 0 unspecified atom stereocenters. The predicted octanol–water partition coefficient (Wildman–Crippen LogP) is 1.14. The Hall–Kier alpha value is -0.600. The van der Waals surface area contributed by atoms with Crippen molar-refractivity contribution in [1.82, 2.24) is 0 Å². The minimum Gasteiger partial charge on any atom is -0.339 e. The van der Waals surface area contributed by atoms with Crippen molar-refractivity contribution in [3.63, 3.8) is 0 Å². The van der Waals surface area contributed by atoms with Gasteiger partial charge in [-0.2, -0.15) is 4.57 Å². The topological polar surface area (TPSA) is 24.1 Å². The van der Waals surface area contributed by atoms with Crippen LogP contribution in [0.15, 0.2) is 18.5 Å². The van der Waals surface area contributed by atoms with Gasteiger partial charge in [0, 0.05) is 6.07 Å². The third-order valence-corrected chi connectivity index (χ3v) is 1.94. The second kappa shape index (κ2) is 3.69. The van der Waals surface area contributed by atoms with E-state index in [1.165, 1.54) is 0 Å². The van der Waals surface area contributed by atoms with Gasteiger partial charge in [-0.15, -0.1) is 0 Å². The van der Waals surface area contributed by atoms with Crippen LogP contribution in [-0.2, 0) is 13.2 Å². The van der Waals surface area contributed by atoms with Crippen molar-refractivity contribution >= 4 is 11.6 Å². The van der Waals surface area contributed by atoms with Gasteiger partial charge >= 0.3 is 0 Å². The molecular weight excluding hydrogens is 162 g/mol. The largest absolute Gasteiger partial charge is 0.339 e. The summed E-state index contributed by atoms with van der Waals surface area (Å²) in [7, 11) is 0. The van der Waals surface area contributed by atoms with Crippen LogP contribution < -0.4 is 4.57 Å². The van der Waals surface area contributed by atoms with Crippen molar-refractivity contribution in [2.45, 2.75) is 20.1 Å². The van der Waals surface area contributed by atoms with E-state index in [9.17, 15) is 0 Å². The molecule has 0 aliphatic rings. The Morgan fingerprint density at radius 1 is 1.64 bits per heavy atom. The molecule has 0 atom stereocenters. The maximum atomic E-state index is 8.73. The average molecular weight is 173 g/mol. The Bertz CT molecular complexity index is 250. The van der Waals surface area contributed by atoms with Crippen LogP contribution in [0.3, 0.4) is 0 Å². The molecule has 0 aromatic carbocycles. The molecule has 1 rings (SSSR count). The van der Waals surface area contributed by atoms with Gasteiger partial charge in [-0.25, -0.2) is 0 Å². The lowest BCUT2D eigenvalue weighted by Gasteiger charge is -1.97. The summed E-state index contributed by atoms with van der Waals surface area (Å²) in [4.78, 5) is 0. The lowest BCUT2D eigenvalue weighted by atomic mass is 10.2. The van der Waals surface area contributed by atoms with Crippen molar-refractivity contribution in [1.29, 1.82) is 0 Å². The number of rotatable bonds is 2. The molecule has 0 bridgehead atoms. The molecule has 0 saturated carbocycles. The van der Waals surface area contributed by atoms with Crippen molar-refractivity contribution in [3.8, 4) is 0 Å². The van der Waals surface area contributed by atoms with Crippen LogP contribution in [-0.4, -0.2) is 5.11 Å². The molecule has 1 heterocycles. The second-order valence-corrected chi connectivity index (χ2v) is 2.73. The normalized spacial score (nSPS) is 10.1. The van der Waals surface area contributed by atoms with E-state index in [0.717, 1.165) is 12.0 Å². The standard InChI is InChI=1S/C8H11ClNO/c1-2-7-3-4-10(6-11)5-8(7)9/h3-5,11H,2,6H2,1H3/q+1. The molecule has 0 spiro atoms. The van der Waals surface area contributed by atoms with Gasteiger partial charge in [-0.1, -0.05) is 18.5 Å². The molecule has 0 radical (unpaired) electrons. The quantitative estimate of drug-likeness (QED) is 0.665. The minimum absolute atomic E-state index is 0.0241. The predicted molar refractivity (Wildman–Crippen MR) is 43.2 cm³/mol. The van der Waals surface area contributed by atoms with Crippen molar-refractivity contribution in [3.05, 3.63) is 29.0 Å². The molecule has 60 valence electrons. The zero-order valence-corrected chi connectivity index (χ0v) is 7.17. The molecule has 3 heteroatoms. The van der Waals surface area contributed by atoms with Gasteiger partial charge in [0.15, 0.2) is 12.4 Å². The summed E-state index contributed by atoms with van der Waals surface area (Å²) in [6, 6.07) is 1.92. The molecule has 0 saturated heterocycles. The average Bonchev–Trinajstić information content (AvgIpc) is 2.04. The smallest absolute Gasteiger partial charge is 0.250 e. The fraction of sp³-hybridized carbons (Fsp3) is 0.375. The molecule has 0 amide bonds. The minimum atomic E-state index is -0.0241. The van der Waals surface area contributed by atoms with Crippen LogP contribution in [0.1, 0.15) is 12.5 Å². The number of nitrogens with zero attached hydrogens (tertiary/aromatic N) is 1. The van der Waals surface area contributed by atoms with E-state index in [0.29, 0.717) is 5.02 Å². The van der Waals surface area contributed by atoms with Gasteiger partial charge in [-0.3, -0.25) is 0 Å². The summed E-state index contributed by atoms with van der Waals surface area (Å²) in [5, 5.41) is 9.44. The third kappa shape index (κ3) is 1.91. The number of aliphatic hydroxyl groups excluding tert-OH is 1. The molecule has 1 aromatic heterocycles. The van der Waals surface area contributed by atoms with Gasteiger partial charge < -0.3 is 5.11 Å². The summed E-state index contributed by atoms with van der Waals surface area (Å²) in [5.74, 6) is 0. The molecule has 0 aliphatic carbocycles. The first kappa shape index (κ1) is 8.50. The summed E-state index contributed by atoms with van der Waals surface area (Å²) in [6.45, 7) is 2.02. The summed E-state index contributed by atoms with van der Waals surface area (Å²) in [5.41, 5.74) is 1.11. The molecular formula is C8H11ClNO+. The van der Waals surface area contributed by atoms with Crippen LogP contribution in [0.5, 0.6) is 0 Å². The van der Waals surface area contributed by atoms with Crippen LogP contribution >= 0.6 is 11.6 Å². The Labute approximate surface area is 71.1 Å². The maximum Gasteiger partial charge on any atom is 0.250 e. The van der Waals surface area contributed by atoms with Crippen molar-refractivity contribution in [2.24, 2.45) is 0 Å². The lowest BCUT2D eigenvalue weighted by molar-refractivity contribution is -0.729. The Morgan fingerprint density at radius 3 is 2.82 bits per heavy atom. The van der Waals surface area contributed by atoms with Crippen LogP contribution in [0.2, 0.25) is 5.02 Å². The Balaban J connectivity index is 2.99. The maximum absolute atomic E-state index is 8.73. The van der Waals surface area contributed by atoms with Gasteiger partial charge in [0.25, 0.3) is 0 Å². The molecule has 1 N–H and O–H groups in total. The fourth-order valence-corrected chi connectivity index (χ4v) is 1.23. The number of aryl methyl sites for hydroxylation is 1. The highest BCUT2D eigenvalue weighted by Gasteiger charge is 2.03. The van der Waals surface area contributed by atoms with Crippen molar-refractivity contribution in [2.75, 3.05) is 0 Å². The van der Waals surface area contributed by atoms with Gasteiger partial charge in [-0.05, 0) is 12.0 Å². The number of halogens is 1. The number of pyridine rings is 1. The van der Waals surface area contributed by atoms with Crippen LogP contribution in [0.4, 0.5) is 0 Å². The summed E-state index contributed by atoms with van der Waals surface area (Å²) >= 11 is 5.88. The zero-order chi connectivity index (χ0) is 8.27. The SMILES string of the molecule is CCc1cc[n+](CO)cc1Cl. The highest BCUT2D eigenvalue weighted by atomic mass is 35.5. The first-order valence-electron chi connectivity index (χ1n) is 3.56. The lowest BCUT2D eigenvalue weighted by Crippen LogP contribution is -2.32. The number of aliphatic hydroxyl groups is 1. The molecule has 11 heavy (non-hydrogen) atoms. The van der Waals surface area contributed by atoms with Crippen LogP contribution in [0, 0.1) is 0 Å². The first-order chi connectivity index (χ1) is 5.27. The molecule has 2 nitrogen and oxygen atoms in total. The molecule has 1 aromatic rings. The summed E-state index contributed by atoms with van der Waals surface area (Å²) in [6.07, 6.45) is 4.45. The van der Waals surface area contributed by atoms with E-state index in [-0.39, 0.29) is 6.73 Å². The first-order valence-corrected chi connectivity index (χ1v) is 3.94. The van der Waals surface area contributed by atoms with Crippen LogP contribution in [0.25, 0.3) is 0 Å². The number of hydrogen-bond donors (Lipinski definition) is 1. The highest BCUT2D eigenvalue weighted by molar-refractivity contribution is 6.31. The van der Waals surface area contributed by atoms with Gasteiger partial charge in [0.05, 0.1) is 0 Å². The summed E-state index contributed by atoms with van der Waals surface area (Å²) < 4.78 is 1.63. The van der Waals surface area contributed by atoms with E-state index >= 15 is 0 Å². The van der Waals surface area contributed by atoms with E-state index in [2.05, 4.69) is 0 Å². The third-order valence-electron chi connectivity index (χ3n) is 1.60. The van der Waals surface area contributed by atoms with E-state index < -0.39 is 0 Å². The number of aromatic nitrogens is 1. The highest BCUT2D eigenvalue weighted by Crippen LogP contribution is 2.12. The Kier molecular flexibility index (Phi) is 2.85. The zero-order valence-electron chi connectivity index (χ0n) is 6.42. The monoisotopic (exact) mass is 172 g/mol. The van der Waals surface area contributed by atoms with Gasteiger partial charge in [0.1, 0.15) is 5.02 Å².